The number of alkyl halides is 2. The number of halogens is 3. The van der Waals surface area contributed by atoms with E-state index >= 15 is 0 Å². The average molecular weight is 428 g/mol. The second-order valence-electron chi connectivity index (χ2n) is 6.99. The predicted octanol–water partition coefficient (Wildman–Crippen LogP) is 5.42. The zero-order valence-electron chi connectivity index (χ0n) is 15.9. The lowest BCUT2D eigenvalue weighted by Gasteiger charge is -2.12. The fraction of sp³-hybridized carbons (Fsp3) is 0.182. The lowest BCUT2D eigenvalue weighted by molar-refractivity contribution is 0.151. The fourth-order valence-electron chi connectivity index (χ4n) is 3.15. The Labute approximate surface area is 175 Å². The molecule has 2 aromatic carbocycles. The highest BCUT2D eigenvalue weighted by molar-refractivity contribution is 7.18. The Hall–Kier alpha value is -2.97. The maximum Gasteiger partial charge on any atom is 0.263 e. The molecule has 0 saturated heterocycles. The summed E-state index contributed by atoms with van der Waals surface area (Å²) in [5, 5.41) is 5.61. The highest BCUT2D eigenvalue weighted by Crippen LogP contribution is 2.31. The molecule has 0 radical (unpaired) electrons. The summed E-state index contributed by atoms with van der Waals surface area (Å²) in [6.07, 6.45) is 1.38. The molecule has 3 N–H and O–H groups in total. The Kier molecular flexibility index (Phi) is 5.96. The number of thiazole rings is 1. The Bertz CT molecular complexity index is 1140. The van der Waals surface area contributed by atoms with Crippen LogP contribution in [0.5, 0.6) is 0 Å². The van der Waals surface area contributed by atoms with Gasteiger partial charge in [-0.15, -0.1) is 0 Å². The minimum atomic E-state index is -2.47. The van der Waals surface area contributed by atoms with Crippen molar-refractivity contribution in [2.75, 3.05) is 11.9 Å². The third kappa shape index (κ3) is 4.77. The van der Waals surface area contributed by atoms with Gasteiger partial charge >= 0.3 is 0 Å². The van der Waals surface area contributed by atoms with Crippen molar-refractivity contribution in [1.29, 1.82) is 0 Å². The van der Waals surface area contributed by atoms with Crippen molar-refractivity contribution in [3.8, 4) is 10.4 Å². The number of aromatic nitrogens is 2. The maximum absolute atomic E-state index is 13.4. The van der Waals surface area contributed by atoms with E-state index in [0.717, 1.165) is 31.9 Å². The number of nitrogens with one attached hydrogen (secondary N) is 1. The van der Waals surface area contributed by atoms with E-state index in [4.69, 9.17) is 5.73 Å². The molecule has 4 rings (SSSR count). The average Bonchev–Trinajstić information content (AvgIpc) is 3.21. The molecular formula is C22H19F3N4S. The van der Waals surface area contributed by atoms with Crippen molar-refractivity contribution < 1.29 is 13.2 Å². The van der Waals surface area contributed by atoms with Crippen LogP contribution >= 0.6 is 11.3 Å². The molecule has 0 aliphatic heterocycles. The van der Waals surface area contributed by atoms with E-state index in [1.807, 2.05) is 18.2 Å². The Morgan fingerprint density at radius 3 is 2.53 bits per heavy atom. The molecular weight excluding hydrogens is 409 g/mol. The quantitative estimate of drug-likeness (QED) is 0.386. The molecule has 0 amide bonds. The van der Waals surface area contributed by atoms with Crippen molar-refractivity contribution in [3.05, 3.63) is 78.0 Å². The molecule has 154 valence electrons. The smallest absolute Gasteiger partial charge is 0.263 e. The second kappa shape index (κ2) is 8.81. The minimum absolute atomic E-state index is 0.00783. The first-order valence-electron chi connectivity index (χ1n) is 9.36. The largest absolute Gasteiger partial charge is 0.360 e. The Balaban J connectivity index is 1.37. The first-order chi connectivity index (χ1) is 14.5. The van der Waals surface area contributed by atoms with Gasteiger partial charge in [0.1, 0.15) is 0 Å². The normalized spacial score (nSPS) is 12.4. The van der Waals surface area contributed by atoms with Crippen LogP contribution in [0, 0.1) is 5.95 Å². The molecule has 30 heavy (non-hydrogen) atoms. The van der Waals surface area contributed by atoms with Crippen molar-refractivity contribution >= 4 is 27.2 Å². The van der Waals surface area contributed by atoms with E-state index in [-0.39, 0.29) is 11.6 Å². The van der Waals surface area contributed by atoms with Crippen molar-refractivity contribution in [2.45, 2.75) is 18.9 Å². The summed E-state index contributed by atoms with van der Waals surface area (Å²) in [5.74, 6) is -0.510. The molecule has 2 heterocycles. The first-order valence-corrected chi connectivity index (χ1v) is 10.2. The zero-order valence-corrected chi connectivity index (χ0v) is 16.7. The molecule has 0 saturated carbocycles. The third-order valence-corrected chi connectivity index (χ3v) is 5.73. The number of benzene rings is 2. The predicted molar refractivity (Wildman–Crippen MR) is 114 cm³/mol. The second-order valence-corrected chi connectivity index (χ2v) is 8.02. The van der Waals surface area contributed by atoms with Gasteiger partial charge in [-0.05, 0) is 29.0 Å². The van der Waals surface area contributed by atoms with Gasteiger partial charge in [-0.25, -0.2) is 18.7 Å². The Morgan fingerprint density at radius 2 is 1.77 bits per heavy atom. The summed E-state index contributed by atoms with van der Waals surface area (Å²) in [4.78, 5) is 9.00. The molecule has 1 unspecified atom stereocenters. The number of nitrogens with zero attached hydrogens (tertiary/aromatic N) is 2. The highest BCUT2D eigenvalue weighted by atomic mass is 32.1. The molecule has 0 aliphatic carbocycles. The number of hydrogen-bond acceptors (Lipinski definition) is 5. The fourth-order valence-corrected chi connectivity index (χ4v) is 3.97. The van der Waals surface area contributed by atoms with Crippen LogP contribution in [0.2, 0.25) is 0 Å². The van der Waals surface area contributed by atoms with Crippen LogP contribution in [0.1, 0.15) is 17.6 Å². The summed E-state index contributed by atoms with van der Waals surface area (Å²) >= 11 is 1.48. The number of fused-ring (bicyclic) bond motifs is 1. The summed E-state index contributed by atoms with van der Waals surface area (Å²) in [6, 6.07) is 13.2. The summed E-state index contributed by atoms with van der Waals surface area (Å²) in [7, 11) is 0. The first kappa shape index (κ1) is 20.3. The lowest BCUT2D eigenvalue weighted by atomic mass is 10.0. The SMILES string of the molecule is NC(CNc1ncc(-c2ccc3cnc(F)cc3c2)s1)Cc1ccc(C(F)F)cc1. The van der Waals surface area contributed by atoms with Crippen LogP contribution in [0.15, 0.2) is 60.9 Å². The van der Waals surface area contributed by atoms with Crippen molar-refractivity contribution in [2.24, 2.45) is 5.73 Å². The van der Waals surface area contributed by atoms with E-state index in [9.17, 15) is 13.2 Å². The molecule has 1 atom stereocenters. The van der Waals surface area contributed by atoms with E-state index in [1.165, 1.54) is 35.7 Å². The van der Waals surface area contributed by atoms with E-state index in [0.29, 0.717) is 13.0 Å². The molecule has 4 aromatic rings. The molecule has 4 nitrogen and oxygen atoms in total. The van der Waals surface area contributed by atoms with Gasteiger partial charge in [0.05, 0.1) is 4.88 Å². The van der Waals surface area contributed by atoms with Crippen LogP contribution in [0.25, 0.3) is 21.2 Å². The van der Waals surface area contributed by atoms with Crippen LogP contribution < -0.4 is 11.1 Å². The standard InChI is InChI=1S/C22H19F3N4S/c23-20-9-17-8-15(5-6-16(17)10-27-20)19-12-29-22(30-19)28-11-18(26)7-13-1-3-14(4-2-13)21(24)25/h1-6,8-10,12,18,21H,7,11,26H2,(H,28,29). The Morgan fingerprint density at radius 1 is 0.967 bits per heavy atom. The summed E-state index contributed by atoms with van der Waals surface area (Å²) < 4.78 is 38.6. The minimum Gasteiger partial charge on any atom is -0.360 e. The molecule has 2 aromatic heterocycles. The van der Waals surface area contributed by atoms with E-state index in [2.05, 4.69) is 15.3 Å². The van der Waals surface area contributed by atoms with Crippen LogP contribution in [-0.4, -0.2) is 22.6 Å². The zero-order chi connectivity index (χ0) is 21.1. The molecule has 0 bridgehead atoms. The molecule has 0 fully saturated rings. The van der Waals surface area contributed by atoms with Gasteiger partial charge < -0.3 is 11.1 Å². The van der Waals surface area contributed by atoms with Gasteiger partial charge in [0.15, 0.2) is 5.13 Å². The van der Waals surface area contributed by atoms with Crippen LogP contribution in [0.3, 0.4) is 0 Å². The van der Waals surface area contributed by atoms with Gasteiger partial charge in [0.25, 0.3) is 6.43 Å². The van der Waals surface area contributed by atoms with E-state index < -0.39 is 12.4 Å². The monoisotopic (exact) mass is 428 g/mol. The summed E-state index contributed by atoms with van der Waals surface area (Å²) in [5.41, 5.74) is 8.03. The van der Waals surface area contributed by atoms with Gasteiger partial charge in [-0.3, -0.25) is 0 Å². The summed E-state index contributed by atoms with van der Waals surface area (Å²) in [6.45, 7) is 0.498. The highest BCUT2D eigenvalue weighted by Gasteiger charge is 2.10. The van der Waals surface area contributed by atoms with Gasteiger partial charge in [-0.2, -0.15) is 4.39 Å². The topological polar surface area (TPSA) is 63.8 Å². The molecule has 0 spiro atoms. The third-order valence-electron chi connectivity index (χ3n) is 4.72. The van der Waals surface area contributed by atoms with Crippen LogP contribution in [-0.2, 0) is 6.42 Å². The van der Waals surface area contributed by atoms with E-state index in [1.54, 1.807) is 18.3 Å². The number of hydrogen-bond donors (Lipinski definition) is 2. The van der Waals surface area contributed by atoms with Crippen molar-refractivity contribution in [3.63, 3.8) is 0 Å². The molecule has 0 aliphatic rings. The van der Waals surface area contributed by atoms with Gasteiger partial charge in [0.2, 0.25) is 5.95 Å². The number of rotatable bonds is 7. The number of anilines is 1. The van der Waals surface area contributed by atoms with Gasteiger partial charge in [0, 0.05) is 42.0 Å². The number of nitrogens with two attached hydrogens (primary N) is 1. The lowest BCUT2D eigenvalue weighted by Crippen LogP contribution is -2.31. The molecule has 8 heteroatoms. The van der Waals surface area contributed by atoms with Gasteiger partial charge in [-0.1, -0.05) is 47.7 Å². The van der Waals surface area contributed by atoms with Crippen LogP contribution in [0.4, 0.5) is 18.3 Å². The maximum atomic E-state index is 13.4. The number of pyridine rings is 1. The van der Waals surface area contributed by atoms with Crippen molar-refractivity contribution in [1.82, 2.24) is 9.97 Å².